The van der Waals surface area contributed by atoms with E-state index in [2.05, 4.69) is 0 Å². The lowest BCUT2D eigenvalue weighted by Gasteiger charge is -2.22. The first-order valence-corrected chi connectivity index (χ1v) is 7.56. The van der Waals surface area contributed by atoms with Crippen LogP contribution in [0.3, 0.4) is 0 Å². The summed E-state index contributed by atoms with van der Waals surface area (Å²) in [4.78, 5) is 0. The Morgan fingerprint density at radius 1 is 0.842 bits per heavy atom. The first-order chi connectivity index (χ1) is 9.00. The largest absolute Gasteiger partial charge is 0.285 e. The summed E-state index contributed by atoms with van der Waals surface area (Å²) in [6.07, 6.45) is 0. The minimum atomic E-state index is -4.17. The Hall–Kier alpha value is -1.65. The molecule has 0 aromatic heterocycles. The maximum Gasteiger partial charge on any atom is 0.272 e. The molecule has 3 nitrogen and oxygen atoms in total. The van der Waals surface area contributed by atoms with Crippen molar-refractivity contribution in [1.82, 2.24) is 0 Å². The van der Waals surface area contributed by atoms with Crippen molar-refractivity contribution in [3.63, 3.8) is 0 Å². The summed E-state index contributed by atoms with van der Waals surface area (Å²) in [5, 5.41) is -0.948. The monoisotopic (exact) mass is 276 g/mol. The highest BCUT2D eigenvalue weighted by Gasteiger charge is 2.31. The summed E-state index contributed by atoms with van der Waals surface area (Å²) in [5.74, 6) is -0.321. The minimum Gasteiger partial charge on any atom is -0.285 e. The van der Waals surface area contributed by atoms with E-state index in [4.69, 9.17) is 0 Å². The highest BCUT2D eigenvalue weighted by Crippen LogP contribution is 2.36. The van der Waals surface area contributed by atoms with Gasteiger partial charge in [0, 0.05) is 5.92 Å². The molecule has 0 aliphatic heterocycles. The van der Waals surface area contributed by atoms with Crippen LogP contribution in [0.1, 0.15) is 29.2 Å². The topological polar surface area (TPSA) is 54.4 Å². The van der Waals surface area contributed by atoms with E-state index in [1.807, 2.05) is 36.4 Å². The van der Waals surface area contributed by atoms with Gasteiger partial charge < -0.3 is 0 Å². The zero-order valence-corrected chi connectivity index (χ0v) is 11.4. The van der Waals surface area contributed by atoms with Crippen LogP contribution in [0.2, 0.25) is 0 Å². The maximum atomic E-state index is 11.7. The van der Waals surface area contributed by atoms with Crippen molar-refractivity contribution in [2.75, 3.05) is 0 Å². The lowest BCUT2D eigenvalue weighted by atomic mass is 9.93. The molecule has 0 saturated carbocycles. The van der Waals surface area contributed by atoms with Crippen LogP contribution in [0.5, 0.6) is 0 Å². The average Bonchev–Trinajstić information content (AvgIpc) is 2.39. The Kier molecular flexibility index (Phi) is 4.02. The maximum absolute atomic E-state index is 11.7. The summed E-state index contributed by atoms with van der Waals surface area (Å²) in [6, 6.07) is 18.1. The molecule has 100 valence electrons. The van der Waals surface area contributed by atoms with Crippen molar-refractivity contribution in [2.24, 2.45) is 0 Å². The van der Waals surface area contributed by atoms with Gasteiger partial charge in [-0.25, -0.2) is 0 Å². The van der Waals surface area contributed by atoms with E-state index in [0.717, 1.165) is 5.56 Å². The van der Waals surface area contributed by atoms with Crippen LogP contribution in [0.25, 0.3) is 0 Å². The molecular formula is C15H16O3S. The molecular weight excluding hydrogens is 260 g/mol. The van der Waals surface area contributed by atoms with Crippen LogP contribution >= 0.6 is 0 Å². The Balaban J connectivity index is 2.46. The predicted octanol–water partition coefficient (Wildman–Crippen LogP) is 3.42. The van der Waals surface area contributed by atoms with Crippen molar-refractivity contribution < 1.29 is 13.0 Å². The molecule has 2 unspecified atom stereocenters. The Labute approximate surface area is 113 Å². The van der Waals surface area contributed by atoms with Crippen molar-refractivity contribution in [2.45, 2.75) is 18.1 Å². The van der Waals surface area contributed by atoms with Gasteiger partial charge in [-0.3, -0.25) is 4.55 Å². The van der Waals surface area contributed by atoms with Crippen LogP contribution in [0, 0.1) is 0 Å². The van der Waals surface area contributed by atoms with Crippen molar-refractivity contribution in [1.29, 1.82) is 0 Å². The van der Waals surface area contributed by atoms with E-state index in [-0.39, 0.29) is 5.92 Å². The van der Waals surface area contributed by atoms with Gasteiger partial charge in [0.2, 0.25) is 0 Å². The Morgan fingerprint density at radius 3 is 1.68 bits per heavy atom. The zero-order chi connectivity index (χ0) is 13.9. The lowest BCUT2D eigenvalue weighted by Crippen LogP contribution is -2.18. The van der Waals surface area contributed by atoms with Gasteiger partial charge in [0.15, 0.2) is 0 Å². The second kappa shape index (κ2) is 5.55. The summed E-state index contributed by atoms with van der Waals surface area (Å²) in [6.45, 7) is 1.81. The number of hydrogen-bond donors (Lipinski definition) is 1. The molecule has 2 atom stereocenters. The molecule has 0 fully saturated rings. The molecule has 4 heteroatoms. The minimum absolute atomic E-state index is 0.321. The molecule has 0 amide bonds. The third-order valence-corrected chi connectivity index (χ3v) is 4.55. The Morgan fingerprint density at radius 2 is 1.26 bits per heavy atom. The average molecular weight is 276 g/mol. The van der Waals surface area contributed by atoms with Gasteiger partial charge in [-0.15, -0.1) is 0 Å². The smallest absolute Gasteiger partial charge is 0.272 e. The van der Waals surface area contributed by atoms with E-state index in [9.17, 15) is 13.0 Å². The molecule has 2 rings (SSSR count). The molecule has 0 aliphatic rings. The third-order valence-electron chi connectivity index (χ3n) is 3.23. The van der Waals surface area contributed by atoms with Gasteiger partial charge in [0.05, 0.1) is 0 Å². The molecule has 0 heterocycles. The summed E-state index contributed by atoms with van der Waals surface area (Å²) in [7, 11) is -4.17. The SMILES string of the molecule is CC(c1ccccc1)C(c1ccccc1)S(=O)(=O)O. The summed E-state index contributed by atoms with van der Waals surface area (Å²) < 4.78 is 32.9. The van der Waals surface area contributed by atoms with Gasteiger partial charge >= 0.3 is 0 Å². The highest BCUT2D eigenvalue weighted by molar-refractivity contribution is 7.86. The number of rotatable bonds is 4. The van der Waals surface area contributed by atoms with E-state index < -0.39 is 15.4 Å². The molecule has 0 bridgehead atoms. The van der Waals surface area contributed by atoms with Crippen LogP contribution < -0.4 is 0 Å². The molecule has 0 saturated heterocycles. The van der Waals surface area contributed by atoms with Crippen LogP contribution in [-0.2, 0) is 10.1 Å². The first-order valence-electron chi connectivity index (χ1n) is 6.06. The highest BCUT2D eigenvalue weighted by atomic mass is 32.2. The summed E-state index contributed by atoms with van der Waals surface area (Å²) in [5.41, 5.74) is 1.48. The fourth-order valence-corrected chi connectivity index (χ4v) is 3.47. The fourth-order valence-electron chi connectivity index (χ4n) is 2.29. The summed E-state index contributed by atoms with van der Waals surface area (Å²) >= 11 is 0. The molecule has 0 spiro atoms. The van der Waals surface area contributed by atoms with Gasteiger partial charge in [-0.05, 0) is 11.1 Å². The lowest BCUT2D eigenvalue weighted by molar-refractivity contribution is 0.458. The van der Waals surface area contributed by atoms with E-state index in [1.54, 1.807) is 31.2 Å². The molecule has 0 radical (unpaired) electrons. The fraction of sp³-hybridized carbons (Fsp3) is 0.200. The second-order valence-electron chi connectivity index (χ2n) is 4.55. The molecule has 1 N–H and O–H groups in total. The van der Waals surface area contributed by atoms with Crippen molar-refractivity contribution in [3.8, 4) is 0 Å². The number of benzene rings is 2. The molecule has 2 aromatic rings. The quantitative estimate of drug-likeness (QED) is 0.870. The van der Waals surface area contributed by atoms with E-state index in [1.165, 1.54) is 0 Å². The van der Waals surface area contributed by atoms with Gasteiger partial charge in [0.1, 0.15) is 5.25 Å². The van der Waals surface area contributed by atoms with Crippen LogP contribution in [0.4, 0.5) is 0 Å². The third kappa shape index (κ3) is 3.22. The van der Waals surface area contributed by atoms with Crippen LogP contribution in [-0.4, -0.2) is 13.0 Å². The second-order valence-corrected chi connectivity index (χ2v) is 6.08. The number of hydrogen-bond acceptors (Lipinski definition) is 2. The standard InChI is InChI=1S/C15H16O3S/c1-12(13-8-4-2-5-9-13)15(19(16,17)18)14-10-6-3-7-11-14/h2-12,15H,1H3,(H,16,17,18). The van der Waals surface area contributed by atoms with E-state index >= 15 is 0 Å². The zero-order valence-electron chi connectivity index (χ0n) is 10.6. The van der Waals surface area contributed by atoms with E-state index in [0.29, 0.717) is 5.56 Å². The van der Waals surface area contributed by atoms with Crippen molar-refractivity contribution >= 4 is 10.1 Å². The molecule has 19 heavy (non-hydrogen) atoms. The van der Waals surface area contributed by atoms with Crippen molar-refractivity contribution in [3.05, 3.63) is 71.8 Å². The normalized spacial score (nSPS) is 14.8. The molecule has 0 aliphatic carbocycles. The first kappa shape index (κ1) is 13.8. The van der Waals surface area contributed by atoms with Gasteiger partial charge in [-0.1, -0.05) is 67.6 Å². The van der Waals surface area contributed by atoms with Crippen LogP contribution in [0.15, 0.2) is 60.7 Å². The predicted molar refractivity (Wildman–Crippen MR) is 75.6 cm³/mol. The Bertz CT molecular complexity index is 621. The van der Waals surface area contributed by atoms with Gasteiger partial charge in [0.25, 0.3) is 10.1 Å². The van der Waals surface area contributed by atoms with Gasteiger partial charge in [-0.2, -0.15) is 8.42 Å². The molecule has 2 aromatic carbocycles.